The number of benzene rings is 1. The van der Waals surface area contributed by atoms with E-state index in [1.54, 1.807) is 11.3 Å². The molecule has 0 amide bonds. The molecule has 0 spiro atoms. The smallest absolute Gasteiger partial charge is 0.141 e. The number of rotatable bonds is 1. The number of H-pyrrole nitrogens is 1. The molecule has 1 aromatic carbocycles. The van der Waals surface area contributed by atoms with E-state index in [2.05, 4.69) is 23.8 Å². The fourth-order valence-electron chi connectivity index (χ4n) is 2.02. The first-order valence-corrected chi connectivity index (χ1v) is 6.29. The minimum atomic E-state index is 0.832. The molecule has 4 heteroatoms. The van der Waals surface area contributed by atoms with E-state index in [4.69, 9.17) is 5.73 Å². The molecular weight excluding hydrogens is 230 g/mol. The van der Waals surface area contributed by atoms with Gasteiger partial charge in [0.15, 0.2) is 0 Å². The van der Waals surface area contributed by atoms with E-state index in [9.17, 15) is 0 Å². The van der Waals surface area contributed by atoms with E-state index < -0.39 is 0 Å². The molecule has 2 heterocycles. The molecule has 3 nitrogen and oxygen atoms in total. The number of hydrogen-bond donors (Lipinski definition) is 2. The van der Waals surface area contributed by atoms with Gasteiger partial charge in [0.25, 0.3) is 0 Å². The third kappa shape index (κ3) is 1.52. The van der Waals surface area contributed by atoms with Crippen LogP contribution in [-0.4, -0.2) is 9.97 Å². The van der Waals surface area contributed by atoms with Crippen LogP contribution >= 0.6 is 11.3 Å². The highest BCUT2D eigenvalue weighted by atomic mass is 32.1. The second-order valence-corrected chi connectivity index (χ2v) is 5.38. The van der Waals surface area contributed by atoms with Gasteiger partial charge >= 0.3 is 0 Å². The van der Waals surface area contributed by atoms with Crippen molar-refractivity contribution < 1.29 is 0 Å². The normalized spacial score (nSPS) is 11.2. The number of para-hydroxylation sites is 2. The van der Waals surface area contributed by atoms with Gasteiger partial charge in [0.2, 0.25) is 0 Å². The fraction of sp³-hybridized carbons (Fsp3) is 0.154. The number of aromatic nitrogens is 2. The van der Waals surface area contributed by atoms with Crippen LogP contribution in [-0.2, 0) is 0 Å². The molecule has 86 valence electrons. The van der Waals surface area contributed by atoms with Crippen molar-refractivity contribution in [2.24, 2.45) is 0 Å². The predicted octanol–water partition coefficient (Wildman–Crippen LogP) is 3.49. The van der Waals surface area contributed by atoms with Crippen molar-refractivity contribution in [1.29, 1.82) is 0 Å². The number of imidazole rings is 1. The highest BCUT2D eigenvalue weighted by Crippen LogP contribution is 2.37. The lowest BCUT2D eigenvalue weighted by atomic mass is 10.1. The van der Waals surface area contributed by atoms with Crippen LogP contribution in [0, 0.1) is 13.8 Å². The van der Waals surface area contributed by atoms with E-state index in [1.807, 2.05) is 24.3 Å². The number of nitrogens with zero attached hydrogens (tertiary/aromatic N) is 1. The van der Waals surface area contributed by atoms with Crippen LogP contribution in [0.1, 0.15) is 10.4 Å². The average Bonchev–Trinajstić information content (AvgIpc) is 2.81. The summed E-state index contributed by atoms with van der Waals surface area (Å²) in [5.74, 6) is 0.866. The Hall–Kier alpha value is -1.81. The summed E-state index contributed by atoms with van der Waals surface area (Å²) in [6, 6.07) is 8.01. The third-order valence-corrected chi connectivity index (χ3v) is 4.08. The zero-order valence-electron chi connectivity index (χ0n) is 9.74. The molecule has 0 fully saturated rings. The number of nitrogens with two attached hydrogens (primary N) is 1. The zero-order valence-corrected chi connectivity index (χ0v) is 10.6. The van der Waals surface area contributed by atoms with Crippen LogP contribution in [0.3, 0.4) is 0 Å². The van der Waals surface area contributed by atoms with Crippen LogP contribution in [0.4, 0.5) is 5.00 Å². The first kappa shape index (κ1) is 10.4. The SMILES string of the molecule is Cc1sc(N)c(-c2nc3ccccc3[nH]2)c1C. The summed E-state index contributed by atoms with van der Waals surface area (Å²) in [6.45, 7) is 4.17. The summed E-state index contributed by atoms with van der Waals surface area (Å²) in [7, 11) is 0. The van der Waals surface area contributed by atoms with Gasteiger partial charge in [-0.15, -0.1) is 11.3 Å². The van der Waals surface area contributed by atoms with Crippen molar-refractivity contribution in [3.63, 3.8) is 0 Å². The van der Waals surface area contributed by atoms with Gasteiger partial charge in [0, 0.05) is 4.88 Å². The molecule has 3 aromatic rings. The Morgan fingerprint density at radius 3 is 2.65 bits per heavy atom. The maximum Gasteiger partial charge on any atom is 0.141 e. The van der Waals surface area contributed by atoms with E-state index >= 15 is 0 Å². The van der Waals surface area contributed by atoms with Crippen LogP contribution in [0.2, 0.25) is 0 Å². The van der Waals surface area contributed by atoms with Crippen molar-refractivity contribution >= 4 is 27.4 Å². The summed E-state index contributed by atoms with van der Waals surface area (Å²) in [5, 5.41) is 0.832. The molecule has 0 atom stereocenters. The van der Waals surface area contributed by atoms with Gasteiger partial charge in [-0.3, -0.25) is 0 Å². The van der Waals surface area contributed by atoms with Crippen LogP contribution in [0.5, 0.6) is 0 Å². The molecule has 3 rings (SSSR count). The maximum atomic E-state index is 6.05. The number of fused-ring (bicyclic) bond motifs is 1. The number of nitrogens with one attached hydrogen (secondary N) is 1. The highest BCUT2D eigenvalue weighted by Gasteiger charge is 2.15. The highest BCUT2D eigenvalue weighted by molar-refractivity contribution is 7.16. The molecule has 0 aliphatic rings. The van der Waals surface area contributed by atoms with Gasteiger partial charge < -0.3 is 10.7 Å². The first-order valence-electron chi connectivity index (χ1n) is 5.47. The fourth-order valence-corrected chi connectivity index (χ4v) is 2.96. The Bertz CT molecular complexity index is 661. The summed E-state index contributed by atoms with van der Waals surface area (Å²) in [4.78, 5) is 9.16. The van der Waals surface area contributed by atoms with Crippen molar-refractivity contribution in [3.8, 4) is 11.4 Å². The van der Waals surface area contributed by atoms with Crippen molar-refractivity contribution in [2.45, 2.75) is 13.8 Å². The lowest BCUT2D eigenvalue weighted by Gasteiger charge is -1.97. The Balaban J connectivity index is 2.27. The second-order valence-electron chi connectivity index (χ2n) is 4.13. The van der Waals surface area contributed by atoms with E-state index in [-0.39, 0.29) is 0 Å². The Morgan fingerprint density at radius 1 is 1.24 bits per heavy atom. The molecule has 0 aliphatic carbocycles. The predicted molar refractivity (Wildman–Crippen MR) is 73.3 cm³/mol. The third-order valence-electron chi connectivity index (χ3n) is 3.04. The van der Waals surface area contributed by atoms with Gasteiger partial charge in [-0.25, -0.2) is 4.98 Å². The lowest BCUT2D eigenvalue weighted by molar-refractivity contribution is 1.31. The minimum absolute atomic E-state index is 0.832. The maximum absolute atomic E-state index is 6.05. The van der Waals surface area contributed by atoms with Gasteiger partial charge in [-0.05, 0) is 31.5 Å². The van der Waals surface area contributed by atoms with E-state index in [1.165, 1.54) is 10.4 Å². The lowest BCUT2D eigenvalue weighted by Crippen LogP contribution is -1.87. The van der Waals surface area contributed by atoms with E-state index in [0.717, 1.165) is 27.4 Å². The molecule has 0 bridgehead atoms. The zero-order chi connectivity index (χ0) is 12.0. The Labute approximate surface area is 103 Å². The monoisotopic (exact) mass is 243 g/mol. The number of anilines is 1. The van der Waals surface area contributed by atoms with Crippen molar-refractivity contribution in [3.05, 3.63) is 34.7 Å². The van der Waals surface area contributed by atoms with Crippen molar-refractivity contribution in [1.82, 2.24) is 9.97 Å². The number of hydrogen-bond acceptors (Lipinski definition) is 3. The molecule has 0 saturated carbocycles. The summed E-state index contributed by atoms with van der Waals surface area (Å²) < 4.78 is 0. The molecule has 17 heavy (non-hydrogen) atoms. The Kier molecular flexibility index (Phi) is 2.19. The molecule has 2 aromatic heterocycles. The Morgan fingerprint density at radius 2 is 2.00 bits per heavy atom. The van der Waals surface area contributed by atoms with Crippen LogP contribution in [0.25, 0.3) is 22.4 Å². The van der Waals surface area contributed by atoms with Gasteiger partial charge in [0.05, 0.1) is 21.6 Å². The molecule has 0 aliphatic heterocycles. The number of nitrogen functional groups attached to an aromatic ring is 1. The minimum Gasteiger partial charge on any atom is -0.390 e. The number of thiophene rings is 1. The standard InChI is InChI=1S/C13H13N3S/c1-7-8(2)17-12(14)11(7)13-15-9-5-3-4-6-10(9)16-13/h3-6H,14H2,1-2H3,(H,15,16). The van der Waals surface area contributed by atoms with Crippen LogP contribution < -0.4 is 5.73 Å². The largest absolute Gasteiger partial charge is 0.390 e. The van der Waals surface area contributed by atoms with Gasteiger partial charge in [-0.1, -0.05) is 12.1 Å². The topological polar surface area (TPSA) is 54.7 Å². The van der Waals surface area contributed by atoms with Gasteiger partial charge in [-0.2, -0.15) is 0 Å². The molecule has 0 unspecified atom stereocenters. The second kappa shape index (κ2) is 3.60. The molecular formula is C13H13N3S. The van der Waals surface area contributed by atoms with Crippen LogP contribution in [0.15, 0.2) is 24.3 Å². The van der Waals surface area contributed by atoms with E-state index in [0.29, 0.717) is 0 Å². The molecule has 0 radical (unpaired) electrons. The van der Waals surface area contributed by atoms with Crippen molar-refractivity contribution in [2.75, 3.05) is 5.73 Å². The molecule has 0 saturated heterocycles. The average molecular weight is 243 g/mol. The number of aryl methyl sites for hydroxylation is 1. The summed E-state index contributed by atoms with van der Waals surface area (Å²) in [6.07, 6.45) is 0. The quantitative estimate of drug-likeness (QED) is 0.687. The summed E-state index contributed by atoms with van der Waals surface area (Å²) in [5.41, 5.74) is 10.3. The summed E-state index contributed by atoms with van der Waals surface area (Å²) >= 11 is 1.62. The number of aromatic amines is 1. The molecule has 3 N–H and O–H groups in total. The first-order chi connectivity index (χ1) is 8.16. The van der Waals surface area contributed by atoms with Gasteiger partial charge in [0.1, 0.15) is 5.82 Å².